The van der Waals surface area contributed by atoms with Crippen molar-refractivity contribution in [3.8, 4) is 5.75 Å². The Hall–Kier alpha value is -2.37. The van der Waals surface area contributed by atoms with Gasteiger partial charge in [0.2, 0.25) is 11.8 Å². The first kappa shape index (κ1) is 18.0. The molecule has 2 amide bonds. The average Bonchev–Trinajstić information content (AvgIpc) is 2.77. The van der Waals surface area contributed by atoms with Gasteiger partial charge in [-0.25, -0.2) is 4.79 Å². The smallest absolute Gasteiger partial charge is 0.327 e. The first-order valence-corrected chi connectivity index (χ1v) is 8.13. The monoisotopic (exact) mass is 333 g/mol. The highest BCUT2D eigenvalue weighted by Gasteiger charge is 2.46. The zero-order valence-corrected chi connectivity index (χ0v) is 14.2. The van der Waals surface area contributed by atoms with E-state index in [0.717, 1.165) is 10.5 Å². The lowest BCUT2D eigenvalue weighted by Crippen LogP contribution is -2.48. The lowest BCUT2D eigenvalue weighted by Gasteiger charge is -2.27. The maximum absolute atomic E-state index is 12.6. The fraction of sp³-hybridized carbons (Fsp3) is 0.500. The van der Waals surface area contributed by atoms with Crippen LogP contribution in [0.15, 0.2) is 18.2 Å². The topological polar surface area (TPSA) is 94.9 Å². The molecule has 130 valence electrons. The number of aliphatic carboxylic acids is 1. The Bertz CT molecular complexity index is 669. The third-order valence-corrected chi connectivity index (χ3v) is 4.70. The Morgan fingerprint density at radius 3 is 2.58 bits per heavy atom. The molecule has 1 fully saturated rings. The number of carbonyl (C=O) groups is 3. The van der Waals surface area contributed by atoms with E-state index in [1.807, 2.05) is 19.9 Å². The number of aromatic hydroxyl groups is 1. The molecule has 0 bridgehead atoms. The molecule has 1 aromatic rings. The van der Waals surface area contributed by atoms with Crippen molar-refractivity contribution in [2.45, 2.75) is 46.1 Å². The van der Waals surface area contributed by atoms with Gasteiger partial charge in [-0.2, -0.15) is 0 Å². The van der Waals surface area contributed by atoms with Crippen LogP contribution in [0.4, 0.5) is 0 Å². The van der Waals surface area contributed by atoms with E-state index in [1.165, 1.54) is 0 Å². The maximum atomic E-state index is 12.6. The second-order valence-electron chi connectivity index (χ2n) is 6.51. The highest BCUT2D eigenvalue weighted by atomic mass is 16.4. The van der Waals surface area contributed by atoms with E-state index in [0.29, 0.717) is 12.0 Å². The van der Waals surface area contributed by atoms with E-state index in [2.05, 4.69) is 0 Å². The van der Waals surface area contributed by atoms with Gasteiger partial charge >= 0.3 is 5.97 Å². The van der Waals surface area contributed by atoms with Crippen molar-refractivity contribution in [1.82, 2.24) is 4.90 Å². The van der Waals surface area contributed by atoms with Crippen LogP contribution in [0, 0.1) is 18.8 Å². The molecule has 2 N–H and O–H groups in total. The van der Waals surface area contributed by atoms with Crippen molar-refractivity contribution in [3.05, 3.63) is 29.3 Å². The summed E-state index contributed by atoms with van der Waals surface area (Å²) in [4.78, 5) is 37.4. The molecule has 6 nitrogen and oxygen atoms in total. The van der Waals surface area contributed by atoms with E-state index >= 15 is 0 Å². The number of phenols is 1. The summed E-state index contributed by atoms with van der Waals surface area (Å²) >= 11 is 0. The minimum absolute atomic E-state index is 0.0215. The SMILES string of the molecule is CCC(C)C(C(=O)O)N1C(=O)CC(Cc2ccc(C)cc2O)C1=O. The maximum Gasteiger partial charge on any atom is 0.327 e. The van der Waals surface area contributed by atoms with Crippen LogP contribution in [0.25, 0.3) is 0 Å². The molecule has 0 saturated carbocycles. The number of carbonyl (C=O) groups excluding carboxylic acids is 2. The fourth-order valence-electron chi connectivity index (χ4n) is 3.11. The molecule has 1 aliphatic heterocycles. The number of carboxylic acid groups (broad SMARTS) is 1. The standard InChI is InChI=1S/C18H23NO5/c1-4-11(3)16(18(23)24)19-15(21)9-13(17(19)22)8-12-6-5-10(2)7-14(12)20/h5-7,11,13,16,20H,4,8-9H2,1-3H3,(H,23,24). The Morgan fingerprint density at radius 2 is 2.04 bits per heavy atom. The predicted octanol–water partition coefficient (Wildman–Crippen LogP) is 2.12. The molecule has 1 aliphatic rings. The molecule has 3 unspecified atom stereocenters. The van der Waals surface area contributed by atoms with Gasteiger partial charge < -0.3 is 10.2 Å². The van der Waals surface area contributed by atoms with Gasteiger partial charge in [0.1, 0.15) is 11.8 Å². The van der Waals surface area contributed by atoms with Crippen molar-refractivity contribution in [3.63, 3.8) is 0 Å². The van der Waals surface area contributed by atoms with Crippen LogP contribution in [-0.2, 0) is 20.8 Å². The van der Waals surface area contributed by atoms with Crippen LogP contribution in [-0.4, -0.2) is 38.9 Å². The largest absolute Gasteiger partial charge is 0.508 e. The molecule has 3 atom stereocenters. The van der Waals surface area contributed by atoms with E-state index in [4.69, 9.17) is 0 Å². The van der Waals surface area contributed by atoms with Gasteiger partial charge in [-0.05, 0) is 36.5 Å². The number of likely N-dealkylation sites (tertiary alicyclic amines) is 1. The summed E-state index contributed by atoms with van der Waals surface area (Å²) in [5.74, 6) is -2.94. The molecular weight excluding hydrogens is 310 g/mol. The number of imide groups is 1. The third kappa shape index (κ3) is 3.42. The first-order valence-electron chi connectivity index (χ1n) is 8.13. The van der Waals surface area contributed by atoms with Gasteiger partial charge in [-0.1, -0.05) is 32.4 Å². The molecule has 1 heterocycles. The van der Waals surface area contributed by atoms with Crippen molar-refractivity contribution in [2.75, 3.05) is 0 Å². The van der Waals surface area contributed by atoms with Gasteiger partial charge in [-0.15, -0.1) is 0 Å². The van der Waals surface area contributed by atoms with E-state index < -0.39 is 29.7 Å². The molecule has 0 aliphatic carbocycles. The van der Waals surface area contributed by atoms with Gasteiger partial charge in [-0.3, -0.25) is 14.5 Å². The van der Waals surface area contributed by atoms with Crippen LogP contribution < -0.4 is 0 Å². The lowest BCUT2D eigenvalue weighted by atomic mass is 9.95. The number of benzene rings is 1. The Labute approximate surface area is 141 Å². The van der Waals surface area contributed by atoms with Crippen LogP contribution in [0.5, 0.6) is 5.75 Å². The normalized spacial score (nSPS) is 20.3. The summed E-state index contributed by atoms with van der Waals surface area (Å²) in [6.45, 7) is 5.39. The average molecular weight is 333 g/mol. The molecule has 1 aromatic carbocycles. The van der Waals surface area contributed by atoms with E-state index in [9.17, 15) is 24.6 Å². The van der Waals surface area contributed by atoms with Crippen LogP contribution in [0.3, 0.4) is 0 Å². The summed E-state index contributed by atoms with van der Waals surface area (Å²) in [7, 11) is 0. The van der Waals surface area contributed by atoms with Crippen molar-refractivity contribution >= 4 is 17.8 Å². The van der Waals surface area contributed by atoms with E-state index in [1.54, 1.807) is 19.1 Å². The summed E-state index contributed by atoms with van der Waals surface area (Å²) < 4.78 is 0. The minimum atomic E-state index is -1.16. The second kappa shape index (κ2) is 7.03. The van der Waals surface area contributed by atoms with Gasteiger partial charge in [0, 0.05) is 6.42 Å². The molecule has 2 rings (SSSR count). The number of amides is 2. The number of nitrogens with zero attached hydrogens (tertiary/aromatic N) is 1. The Kier molecular flexibility index (Phi) is 5.26. The fourth-order valence-corrected chi connectivity index (χ4v) is 3.11. The molecule has 0 spiro atoms. The predicted molar refractivity (Wildman–Crippen MR) is 87.4 cm³/mol. The molecule has 0 aromatic heterocycles. The number of phenolic OH excluding ortho intramolecular Hbond substituents is 1. The minimum Gasteiger partial charge on any atom is -0.508 e. The van der Waals surface area contributed by atoms with Gasteiger partial charge in [0.05, 0.1) is 5.92 Å². The molecule has 0 radical (unpaired) electrons. The van der Waals surface area contributed by atoms with Crippen LogP contribution in [0.2, 0.25) is 0 Å². The molecule has 6 heteroatoms. The van der Waals surface area contributed by atoms with Crippen molar-refractivity contribution < 1.29 is 24.6 Å². The summed E-state index contributed by atoms with van der Waals surface area (Å²) in [5, 5.41) is 19.4. The van der Waals surface area contributed by atoms with Crippen molar-refractivity contribution in [1.29, 1.82) is 0 Å². The van der Waals surface area contributed by atoms with Crippen LogP contribution >= 0.6 is 0 Å². The highest BCUT2D eigenvalue weighted by Crippen LogP contribution is 2.31. The number of aryl methyl sites for hydroxylation is 1. The number of carboxylic acids is 1. The summed E-state index contributed by atoms with van der Waals surface area (Å²) in [6.07, 6.45) is 0.754. The lowest BCUT2D eigenvalue weighted by molar-refractivity contribution is -0.157. The van der Waals surface area contributed by atoms with Gasteiger partial charge in [0.25, 0.3) is 0 Å². The third-order valence-electron chi connectivity index (χ3n) is 4.70. The highest BCUT2D eigenvalue weighted by molar-refractivity contribution is 6.06. The van der Waals surface area contributed by atoms with E-state index in [-0.39, 0.29) is 24.5 Å². The zero-order valence-electron chi connectivity index (χ0n) is 14.2. The first-order chi connectivity index (χ1) is 11.3. The molecule has 24 heavy (non-hydrogen) atoms. The quantitative estimate of drug-likeness (QED) is 0.778. The second-order valence-corrected chi connectivity index (χ2v) is 6.51. The number of hydrogen-bond acceptors (Lipinski definition) is 4. The number of rotatable bonds is 6. The summed E-state index contributed by atoms with van der Waals surface area (Å²) in [5.41, 5.74) is 1.48. The summed E-state index contributed by atoms with van der Waals surface area (Å²) in [6, 6.07) is 4.03. The molecular formula is C18H23NO5. The molecule has 1 saturated heterocycles. The number of hydrogen-bond donors (Lipinski definition) is 2. The van der Waals surface area contributed by atoms with Gasteiger partial charge in [0.15, 0.2) is 0 Å². The Morgan fingerprint density at radius 1 is 1.38 bits per heavy atom. The van der Waals surface area contributed by atoms with Crippen LogP contribution in [0.1, 0.15) is 37.8 Å². The Balaban J connectivity index is 2.23. The zero-order chi connectivity index (χ0) is 18.0. The van der Waals surface area contributed by atoms with Crippen molar-refractivity contribution in [2.24, 2.45) is 11.8 Å².